The molecule has 1 aromatic heterocycles. The molecular weight excluding hydrogens is 140 g/mol. The van der Waals surface area contributed by atoms with Crippen molar-refractivity contribution in [2.24, 2.45) is 0 Å². The van der Waals surface area contributed by atoms with Crippen molar-refractivity contribution in [3.63, 3.8) is 0 Å². The van der Waals surface area contributed by atoms with Crippen LogP contribution in [0.1, 0.15) is 11.3 Å². The SMILES string of the molecule is N#Cc1cc2c(cn1)OCC2. The zero-order chi connectivity index (χ0) is 7.68. The maximum Gasteiger partial charge on any atom is 0.141 e. The van der Waals surface area contributed by atoms with Crippen molar-refractivity contribution in [1.82, 2.24) is 4.98 Å². The van der Waals surface area contributed by atoms with Crippen LogP contribution in [0.25, 0.3) is 0 Å². The fourth-order valence-corrected chi connectivity index (χ4v) is 1.14. The van der Waals surface area contributed by atoms with E-state index in [4.69, 9.17) is 10.00 Å². The van der Waals surface area contributed by atoms with Gasteiger partial charge in [0.15, 0.2) is 0 Å². The van der Waals surface area contributed by atoms with Gasteiger partial charge in [-0.05, 0) is 6.07 Å². The predicted octanol–water partition coefficient (Wildman–Crippen LogP) is 0.888. The fourth-order valence-electron chi connectivity index (χ4n) is 1.14. The van der Waals surface area contributed by atoms with Crippen molar-refractivity contribution >= 4 is 0 Å². The maximum atomic E-state index is 8.52. The number of aromatic nitrogens is 1. The van der Waals surface area contributed by atoms with Gasteiger partial charge in [-0.1, -0.05) is 0 Å². The number of fused-ring (bicyclic) bond motifs is 1. The first-order valence-corrected chi connectivity index (χ1v) is 3.42. The van der Waals surface area contributed by atoms with E-state index in [1.165, 1.54) is 0 Å². The Bertz CT molecular complexity index is 327. The molecule has 0 saturated carbocycles. The average Bonchev–Trinajstić information content (AvgIpc) is 2.50. The summed E-state index contributed by atoms with van der Waals surface area (Å²) in [5.74, 6) is 0.823. The lowest BCUT2D eigenvalue weighted by atomic mass is 10.2. The van der Waals surface area contributed by atoms with Crippen LogP contribution < -0.4 is 4.74 Å². The fraction of sp³-hybridized carbons (Fsp3) is 0.250. The van der Waals surface area contributed by atoms with E-state index in [1.54, 1.807) is 12.3 Å². The Labute approximate surface area is 64.2 Å². The van der Waals surface area contributed by atoms with E-state index in [0.29, 0.717) is 12.3 Å². The Morgan fingerprint density at radius 2 is 2.55 bits per heavy atom. The number of nitriles is 1. The standard InChI is InChI=1S/C8H6N2O/c9-4-7-3-6-1-2-11-8(6)5-10-7/h3,5H,1-2H2. The summed E-state index contributed by atoms with van der Waals surface area (Å²) in [6, 6.07) is 3.77. The topological polar surface area (TPSA) is 45.9 Å². The summed E-state index contributed by atoms with van der Waals surface area (Å²) >= 11 is 0. The number of hydrogen-bond acceptors (Lipinski definition) is 3. The first-order chi connectivity index (χ1) is 5.40. The molecule has 1 aliphatic rings. The second-order valence-electron chi connectivity index (χ2n) is 2.39. The van der Waals surface area contributed by atoms with Gasteiger partial charge in [0.05, 0.1) is 12.8 Å². The Hall–Kier alpha value is -1.56. The van der Waals surface area contributed by atoms with Gasteiger partial charge in [-0.2, -0.15) is 5.26 Å². The molecule has 11 heavy (non-hydrogen) atoms. The van der Waals surface area contributed by atoms with E-state index in [9.17, 15) is 0 Å². The largest absolute Gasteiger partial charge is 0.491 e. The Morgan fingerprint density at radius 3 is 3.36 bits per heavy atom. The maximum absolute atomic E-state index is 8.52. The molecule has 3 nitrogen and oxygen atoms in total. The normalized spacial score (nSPS) is 13.4. The summed E-state index contributed by atoms with van der Waals surface area (Å²) in [5.41, 5.74) is 1.56. The monoisotopic (exact) mass is 146 g/mol. The lowest BCUT2D eigenvalue weighted by Gasteiger charge is -1.95. The molecule has 0 aliphatic carbocycles. The van der Waals surface area contributed by atoms with Gasteiger partial charge in [-0.25, -0.2) is 4.98 Å². The van der Waals surface area contributed by atoms with Crippen LogP contribution in [-0.2, 0) is 6.42 Å². The van der Waals surface area contributed by atoms with Gasteiger partial charge in [-0.15, -0.1) is 0 Å². The number of nitrogens with zero attached hydrogens (tertiary/aromatic N) is 2. The quantitative estimate of drug-likeness (QED) is 0.546. The molecule has 0 bridgehead atoms. The Balaban J connectivity index is 2.51. The lowest BCUT2D eigenvalue weighted by molar-refractivity contribution is 0.355. The molecule has 0 spiro atoms. The smallest absolute Gasteiger partial charge is 0.141 e. The van der Waals surface area contributed by atoms with Crippen molar-refractivity contribution in [1.29, 1.82) is 5.26 Å². The van der Waals surface area contributed by atoms with Crippen LogP contribution in [-0.4, -0.2) is 11.6 Å². The summed E-state index contributed by atoms with van der Waals surface area (Å²) in [6.07, 6.45) is 2.51. The van der Waals surface area contributed by atoms with Crippen molar-refractivity contribution in [3.8, 4) is 11.8 Å². The lowest BCUT2D eigenvalue weighted by Crippen LogP contribution is -1.86. The highest BCUT2D eigenvalue weighted by atomic mass is 16.5. The molecule has 1 aromatic rings. The van der Waals surface area contributed by atoms with Gasteiger partial charge < -0.3 is 4.74 Å². The molecule has 54 valence electrons. The van der Waals surface area contributed by atoms with Crippen molar-refractivity contribution in [2.75, 3.05) is 6.61 Å². The third-order valence-corrected chi connectivity index (χ3v) is 1.69. The molecule has 3 heteroatoms. The molecule has 0 radical (unpaired) electrons. The van der Waals surface area contributed by atoms with Crippen LogP contribution in [0.15, 0.2) is 12.3 Å². The van der Waals surface area contributed by atoms with E-state index >= 15 is 0 Å². The van der Waals surface area contributed by atoms with E-state index in [2.05, 4.69) is 4.98 Å². The van der Waals surface area contributed by atoms with Crippen molar-refractivity contribution in [3.05, 3.63) is 23.5 Å². The number of hydrogen-bond donors (Lipinski definition) is 0. The first kappa shape index (κ1) is 6.17. The van der Waals surface area contributed by atoms with Gasteiger partial charge in [0.2, 0.25) is 0 Å². The van der Waals surface area contributed by atoms with E-state index in [-0.39, 0.29) is 0 Å². The minimum atomic E-state index is 0.467. The minimum absolute atomic E-state index is 0.467. The van der Waals surface area contributed by atoms with E-state index in [1.807, 2.05) is 6.07 Å². The highest BCUT2D eigenvalue weighted by Crippen LogP contribution is 2.23. The van der Waals surface area contributed by atoms with Crippen LogP contribution in [0.5, 0.6) is 5.75 Å². The van der Waals surface area contributed by atoms with Crippen LogP contribution in [0, 0.1) is 11.3 Å². The second-order valence-corrected chi connectivity index (χ2v) is 2.39. The number of pyridine rings is 1. The number of ether oxygens (including phenoxy) is 1. The predicted molar refractivity (Wildman–Crippen MR) is 38.2 cm³/mol. The Kier molecular flexibility index (Phi) is 1.26. The highest BCUT2D eigenvalue weighted by molar-refractivity contribution is 5.38. The minimum Gasteiger partial charge on any atom is -0.491 e. The summed E-state index contributed by atoms with van der Waals surface area (Å²) in [6.45, 7) is 0.714. The summed E-state index contributed by atoms with van der Waals surface area (Å²) in [4.78, 5) is 3.88. The van der Waals surface area contributed by atoms with Gasteiger partial charge in [-0.3, -0.25) is 0 Å². The molecule has 0 fully saturated rings. The molecule has 2 heterocycles. The van der Waals surface area contributed by atoms with Gasteiger partial charge in [0.25, 0.3) is 0 Å². The molecule has 0 atom stereocenters. The van der Waals surface area contributed by atoms with E-state index < -0.39 is 0 Å². The van der Waals surface area contributed by atoms with Crippen molar-refractivity contribution < 1.29 is 4.74 Å². The molecule has 2 rings (SSSR count). The summed E-state index contributed by atoms with van der Waals surface area (Å²) < 4.78 is 5.23. The average molecular weight is 146 g/mol. The summed E-state index contributed by atoms with van der Waals surface area (Å²) in [7, 11) is 0. The van der Waals surface area contributed by atoms with Crippen molar-refractivity contribution in [2.45, 2.75) is 6.42 Å². The van der Waals surface area contributed by atoms with Crippen LogP contribution >= 0.6 is 0 Å². The van der Waals surface area contributed by atoms with Gasteiger partial charge in [0.1, 0.15) is 17.5 Å². The third kappa shape index (κ3) is 0.926. The molecule has 0 saturated heterocycles. The summed E-state index contributed by atoms with van der Waals surface area (Å²) in [5, 5.41) is 8.52. The van der Waals surface area contributed by atoms with Crippen LogP contribution in [0.4, 0.5) is 0 Å². The van der Waals surface area contributed by atoms with E-state index in [0.717, 1.165) is 17.7 Å². The first-order valence-electron chi connectivity index (χ1n) is 3.42. The van der Waals surface area contributed by atoms with Gasteiger partial charge >= 0.3 is 0 Å². The Morgan fingerprint density at radius 1 is 1.64 bits per heavy atom. The molecule has 0 unspecified atom stereocenters. The molecule has 0 amide bonds. The van der Waals surface area contributed by atoms with Gasteiger partial charge in [0, 0.05) is 12.0 Å². The second kappa shape index (κ2) is 2.24. The zero-order valence-corrected chi connectivity index (χ0v) is 5.87. The molecule has 0 aromatic carbocycles. The van der Waals surface area contributed by atoms with Crippen LogP contribution in [0.3, 0.4) is 0 Å². The molecule has 0 N–H and O–H groups in total. The molecule has 1 aliphatic heterocycles. The third-order valence-electron chi connectivity index (χ3n) is 1.69. The molecular formula is C8H6N2O. The number of rotatable bonds is 0. The van der Waals surface area contributed by atoms with Crippen LogP contribution in [0.2, 0.25) is 0 Å². The zero-order valence-electron chi connectivity index (χ0n) is 5.87. The highest BCUT2D eigenvalue weighted by Gasteiger charge is 2.12.